The molecule has 1 N–H and O–H groups in total. The minimum absolute atomic E-state index is 0.0814. The van der Waals surface area contributed by atoms with Crippen LogP contribution < -0.4 is 10.1 Å². The fourth-order valence-corrected chi connectivity index (χ4v) is 3.47. The van der Waals surface area contributed by atoms with E-state index in [-0.39, 0.29) is 18.4 Å². The van der Waals surface area contributed by atoms with Gasteiger partial charge in [0.15, 0.2) is 5.82 Å². The summed E-state index contributed by atoms with van der Waals surface area (Å²) in [6.45, 7) is 4.87. The second-order valence-corrected chi connectivity index (χ2v) is 7.82. The van der Waals surface area contributed by atoms with E-state index in [0.717, 1.165) is 0 Å². The fraction of sp³-hybridized carbons (Fsp3) is 0.450. The van der Waals surface area contributed by atoms with Crippen LogP contribution in [0.2, 0.25) is 10.0 Å². The summed E-state index contributed by atoms with van der Waals surface area (Å²) in [6, 6.07) is 6.87. The molecule has 0 bridgehead atoms. The summed E-state index contributed by atoms with van der Waals surface area (Å²) >= 11 is 12.0. The highest BCUT2D eigenvalue weighted by Gasteiger charge is 2.22. The smallest absolute Gasteiger partial charge is 0.239 e. The summed E-state index contributed by atoms with van der Waals surface area (Å²) in [5, 5.41) is 7.26. The number of anilines is 1. The van der Waals surface area contributed by atoms with Gasteiger partial charge < -0.3 is 19.5 Å². The highest BCUT2D eigenvalue weighted by atomic mass is 35.5. The lowest BCUT2D eigenvalue weighted by Gasteiger charge is -2.34. The van der Waals surface area contributed by atoms with Crippen molar-refractivity contribution < 1.29 is 18.8 Å². The Hall–Kier alpha value is -2.29. The predicted octanol–water partition coefficient (Wildman–Crippen LogP) is 3.23. The normalized spacial score (nSPS) is 14.6. The SMILES string of the molecule is Cc1cc(NC(=O)CN2CCN(C(=O)CCCOc3cccc(Cl)c3Cl)CC2)no1. The number of halogens is 2. The molecule has 0 atom stereocenters. The number of amides is 2. The number of nitrogens with zero attached hydrogens (tertiary/aromatic N) is 3. The Morgan fingerprint density at radius 1 is 1.23 bits per heavy atom. The van der Waals surface area contributed by atoms with Crippen LogP contribution in [0.25, 0.3) is 0 Å². The Bertz CT molecular complexity index is 881. The maximum absolute atomic E-state index is 12.4. The lowest BCUT2D eigenvalue weighted by molar-refractivity contribution is -0.133. The molecule has 0 saturated carbocycles. The van der Waals surface area contributed by atoms with Crippen molar-refractivity contribution in [3.63, 3.8) is 0 Å². The highest BCUT2D eigenvalue weighted by molar-refractivity contribution is 6.42. The lowest BCUT2D eigenvalue weighted by atomic mass is 10.2. The van der Waals surface area contributed by atoms with E-state index in [1.54, 1.807) is 31.2 Å². The van der Waals surface area contributed by atoms with Crippen LogP contribution in [-0.2, 0) is 9.59 Å². The first-order valence-corrected chi connectivity index (χ1v) is 10.5. The topological polar surface area (TPSA) is 87.9 Å². The number of ether oxygens (including phenoxy) is 1. The molecule has 0 aliphatic carbocycles. The van der Waals surface area contributed by atoms with Crippen LogP contribution in [0.3, 0.4) is 0 Å². The minimum Gasteiger partial charge on any atom is -0.492 e. The molecule has 1 fully saturated rings. The number of hydrogen-bond acceptors (Lipinski definition) is 6. The van der Waals surface area contributed by atoms with Crippen molar-refractivity contribution in [1.29, 1.82) is 0 Å². The van der Waals surface area contributed by atoms with Gasteiger partial charge >= 0.3 is 0 Å². The van der Waals surface area contributed by atoms with Crippen LogP contribution in [0.15, 0.2) is 28.8 Å². The molecule has 0 radical (unpaired) electrons. The molecule has 1 saturated heterocycles. The maximum Gasteiger partial charge on any atom is 0.239 e. The average molecular weight is 455 g/mol. The van der Waals surface area contributed by atoms with Crippen LogP contribution in [0.1, 0.15) is 18.6 Å². The van der Waals surface area contributed by atoms with Gasteiger partial charge in [0, 0.05) is 38.7 Å². The first-order valence-electron chi connectivity index (χ1n) is 9.72. The number of nitrogens with one attached hydrogen (secondary N) is 1. The molecule has 8 nitrogen and oxygen atoms in total. The van der Waals surface area contributed by atoms with E-state index < -0.39 is 0 Å². The van der Waals surface area contributed by atoms with Gasteiger partial charge in [-0.3, -0.25) is 14.5 Å². The van der Waals surface area contributed by atoms with Gasteiger partial charge in [0.05, 0.1) is 18.2 Å². The van der Waals surface area contributed by atoms with E-state index in [0.29, 0.717) is 73.0 Å². The first kappa shape index (κ1) is 22.4. The molecule has 10 heteroatoms. The molecule has 2 amide bonds. The summed E-state index contributed by atoms with van der Waals surface area (Å²) in [5.41, 5.74) is 0. The highest BCUT2D eigenvalue weighted by Crippen LogP contribution is 2.31. The van der Waals surface area contributed by atoms with Crippen molar-refractivity contribution in [2.75, 3.05) is 44.6 Å². The van der Waals surface area contributed by atoms with Gasteiger partial charge in [-0.1, -0.05) is 34.4 Å². The summed E-state index contributed by atoms with van der Waals surface area (Å²) < 4.78 is 10.5. The number of rotatable bonds is 8. The van der Waals surface area contributed by atoms with Gasteiger partial charge in [-0.15, -0.1) is 0 Å². The fourth-order valence-electron chi connectivity index (χ4n) is 3.13. The average Bonchev–Trinajstić information content (AvgIpc) is 3.13. The zero-order chi connectivity index (χ0) is 21.5. The molecule has 1 aromatic heterocycles. The second kappa shape index (κ2) is 10.7. The zero-order valence-corrected chi connectivity index (χ0v) is 18.2. The molecule has 2 heterocycles. The van der Waals surface area contributed by atoms with Crippen molar-refractivity contribution in [1.82, 2.24) is 15.0 Å². The van der Waals surface area contributed by atoms with Gasteiger partial charge in [0.25, 0.3) is 0 Å². The van der Waals surface area contributed by atoms with E-state index >= 15 is 0 Å². The van der Waals surface area contributed by atoms with Crippen molar-refractivity contribution >= 4 is 40.8 Å². The summed E-state index contributed by atoms with van der Waals surface area (Å²) in [4.78, 5) is 28.3. The van der Waals surface area contributed by atoms with E-state index in [4.69, 9.17) is 32.5 Å². The molecule has 3 rings (SSSR count). The second-order valence-electron chi connectivity index (χ2n) is 7.03. The number of piperazine rings is 1. The summed E-state index contributed by atoms with van der Waals surface area (Å²) in [7, 11) is 0. The Labute approximate surface area is 185 Å². The van der Waals surface area contributed by atoms with E-state index in [1.807, 2.05) is 9.80 Å². The molecule has 1 aliphatic rings. The quantitative estimate of drug-likeness (QED) is 0.615. The van der Waals surface area contributed by atoms with Crippen LogP contribution >= 0.6 is 23.2 Å². The van der Waals surface area contributed by atoms with E-state index in [9.17, 15) is 9.59 Å². The molecule has 2 aromatic rings. The molecular formula is C20H24Cl2N4O4. The van der Waals surface area contributed by atoms with Crippen LogP contribution in [0, 0.1) is 6.92 Å². The van der Waals surface area contributed by atoms with E-state index in [1.165, 1.54) is 0 Å². The summed E-state index contributed by atoms with van der Waals surface area (Å²) in [6.07, 6.45) is 0.978. The van der Waals surface area contributed by atoms with Crippen LogP contribution in [0.5, 0.6) is 5.75 Å². The van der Waals surface area contributed by atoms with Crippen molar-refractivity contribution in [2.45, 2.75) is 19.8 Å². The number of carbonyl (C=O) groups excluding carboxylic acids is 2. The lowest BCUT2D eigenvalue weighted by Crippen LogP contribution is -2.50. The number of aryl methyl sites for hydroxylation is 1. The molecule has 30 heavy (non-hydrogen) atoms. The Balaban J connectivity index is 1.32. The van der Waals surface area contributed by atoms with Crippen molar-refractivity contribution in [3.8, 4) is 5.75 Å². The molecular weight excluding hydrogens is 431 g/mol. The number of carbonyl (C=O) groups is 2. The molecule has 1 aliphatic heterocycles. The van der Waals surface area contributed by atoms with Gasteiger partial charge in [0.2, 0.25) is 11.8 Å². The molecule has 162 valence electrons. The Kier molecular flexibility index (Phi) is 7.95. The van der Waals surface area contributed by atoms with Crippen LogP contribution in [-0.4, -0.2) is 66.1 Å². The predicted molar refractivity (Wildman–Crippen MR) is 114 cm³/mol. The van der Waals surface area contributed by atoms with Gasteiger partial charge in [-0.05, 0) is 25.5 Å². The van der Waals surface area contributed by atoms with Gasteiger partial charge in [-0.2, -0.15) is 0 Å². The minimum atomic E-state index is -0.153. The monoisotopic (exact) mass is 454 g/mol. The first-order chi connectivity index (χ1) is 14.4. The van der Waals surface area contributed by atoms with Crippen LogP contribution in [0.4, 0.5) is 5.82 Å². The maximum atomic E-state index is 12.4. The molecule has 0 unspecified atom stereocenters. The van der Waals surface area contributed by atoms with Gasteiger partial charge in [-0.25, -0.2) is 0 Å². The largest absolute Gasteiger partial charge is 0.492 e. The molecule has 1 aromatic carbocycles. The molecule has 0 spiro atoms. The van der Waals surface area contributed by atoms with Gasteiger partial charge in [0.1, 0.15) is 16.5 Å². The van der Waals surface area contributed by atoms with Crippen molar-refractivity contribution in [2.24, 2.45) is 0 Å². The number of benzene rings is 1. The Morgan fingerprint density at radius 3 is 2.70 bits per heavy atom. The van der Waals surface area contributed by atoms with Crippen molar-refractivity contribution in [3.05, 3.63) is 40.1 Å². The standard InChI is InChI=1S/C20H24Cl2N4O4/c1-14-12-17(24-30-14)23-18(27)13-25-7-9-26(10-8-25)19(28)6-3-11-29-16-5-2-4-15(21)20(16)22/h2,4-5,12H,3,6-11,13H2,1H3,(H,23,24,27). The number of aromatic nitrogens is 1. The number of hydrogen-bond donors (Lipinski definition) is 1. The van der Waals surface area contributed by atoms with E-state index in [2.05, 4.69) is 10.5 Å². The zero-order valence-electron chi connectivity index (χ0n) is 16.7. The summed E-state index contributed by atoms with van der Waals surface area (Å²) in [5.74, 6) is 1.49. The third-order valence-corrected chi connectivity index (χ3v) is 5.50. The third kappa shape index (κ3) is 6.35. The Morgan fingerprint density at radius 2 is 2.00 bits per heavy atom. The third-order valence-electron chi connectivity index (χ3n) is 4.70.